The van der Waals surface area contributed by atoms with Crippen molar-refractivity contribution in [3.05, 3.63) is 53.6 Å². The lowest BCUT2D eigenvalue weighted by molar-refractivity contribution is 1.03. The molecule has 1 aliphatic rings. The van der Waals surface area contributed by atoms with E-state index in [4.69, 9.17) is 5.41 Å². The van der Waals surface area contributed by atoms with Crippen LogP contribution in [0.4, 0.5) is 5.69 Å². The molecule has 0 amide bonds. The average molecular weight is 212 g/mol. The molecule has 0 saturated heterocycles. The van der Waals surface area contributed by atoms with Crippen LogP contribution in [-0.2, 0) is 0 Å². The maximum Gasteiger partial charge on any atom is 0.0701 e. The summed E-state index contributed by atoms with van der Waals surface area (Å²) in [6, 6.07) is 7.93. The molecule has 0 unspecified atom stereocenters. The fourth-order valence-corrected chi connectivity index (χ4v) is 1.87. The van der Waals surface area contributed by atoms with E-state index < -0.39 is 0 Å². The van der Waals surface area contributed by atoms with E-state index in [1.807, 2.05) is 37.4 Å². The largest absolute Gasteiger partial charge is 0.388 e. The maximum absolute atomic E-state index is 8.21. The van der Waals surface area contributed by atoms with Crippen molar-refractivity contribution < 1.29 is 0 Å². The molecule has 0 radical (unpaired) electrons. The molecule has 82 valence electrons. The Bertz CT molecular complexity index is 456. The summed E-state index contributed by atoms with van der Waals surface area (Å²) in [7, 11) is 1.89. The number of para-hydroxylation sites is 1. The van der Waals surface area contributed by atoms with Gasteiger partial charge in [-0.3, -0.25) is 5.41 Å². The van der Waals surface area contributed by atoms with Crippen molar-refractivity contribution in [1.82, 2.24) is 0 Å². The molecule has 2 nitrogen and oxygen atoms in total. The van der Waals surface area contributed by atoms with Gasteiger partial charge in [0.05, 0.1) is 5.71 Å². The average Bonchev–Trinajstić information content (AvgIpc) is 2.39. The molecular formula is C14H16N2. The first kappa shape index (κ1) is 10.7. The zero-order valence-electron chi connectivity index (χ0n) is 9.46. The van der Waals surface area contributed by atoms with Crippen molar-refractivity contribution in [2.75, 3.05) is 12.4 Å². The third-order valence-electron chi connectivity index (χ3n) is 2.75. The van der Waals surface area contributed by atoms with Gasteiger partial charge in [-0.15, -0.1) is 0 Å². The summed E-state index contributed by atoms with van der Waals surface area (Å²) in [5.74, 6) is 0. The second kappa shape index (κ2) is 4.79. The van der Waals surface area contributed by atoms with Crippen LogP contribution in [0, 0.1) is 5.41 Å². The highest BCUT2D eigenvalue weighted by Gasteiger charge is 2.10. The number of allylic oxidation sites excluding steroid dienone is 4. The molecule has 0 bridgehead atoms. The van der Waals surface area contributed by atoms with Crippen LogP contribution in [0.2, 0.25) is 0 Å². The smallest absolute Gasteiger partial charge is 0.0701 e. The fraction of sp³-hybridized carbons (Fsp3) is 0.214. The van der Waals surface area contributed by atoms with Gasteiger partial charge in [0.15, 0.2) is 0 Å². The summed E-state index contributed by atoms with van der Waals surface area (Å²) in [5.41, 5.74) is 3.59. The number of benzene rings is 1. The summed E-state index contributed by atoms with van der Waals surface area (Å²) in [4.78, 5) is 0. The normalized spacial score (nSPS) is 14.4. The molecule has 16 heavy (non-hydrogen) atoms. The number of anilines is 1. The molecule has 0 heterocycles. The zero-order chi connectivity index (χ0) is 11.4. The van der Waals surface area contributed by atoms with E-state index in [1.54, 1.807) is 0 Å². The van der Waals surface area contributed by atoms with E-state index in [1.165, 1.54) is 0 Å². The van der Waals surface area contributed by atoms with Gasteiger partial charge < -0.3 is 5.32 Å². The van der Waals surface area contributed by atoms with E-state index in [0.717, 1.165) is 29.7 Å². The highest BCUT2D eigenvalue weighted by molar-refractivity contribution is 6.15. The third-order valence-corrected chi connectivity index (χ3v) is 2.75. The molecule has 0 aliphatic heterocycles. The predicted molar refractivity (Wildman–Crippen MR) is 69.3 cm³/mol. The van der Waals surface area contributed by atoms with Crippen molar-refractivity contribution in [2.24, 2.45) is 0 Å². The number of rotatable bonds is 3. The molecule has 2 heteroatoms. The maximum atomic E-state index is 8.21. The standard InChI is InChI=1S/C14H16N2/c1-16-13-10-6-5-9-12(13)14(15)11-7-3-2-4-8-11/h3,5-10,15-16H,2,4H2,1H3. The van der Waals surface area contributed by atoms with Gasteiger partial charge in [0.25, 0.3) is 0 Å². The monoisotopic (exact) mass is 212 g/mol. The Labute approximate surface area is 96.2 Å². The van der Waals surface area contributed by atoms with Crippen LogP contribution in [0.3, 0.4) is 0 Å². The van der Waals surface area contributed by atoms with Crippen molar-refractivity contribution in [3.63, 3.8) is 0 Å². The van der Waals surface area contributed by atoms with Gasteiger partial charge in [0.1, 0.15) is 0 Å². The van der Waals surface area contributed by atoms with Crippen LogP contribution < -0.4 is 5.32 Å². The molecule has 0 spiro atoms. The van der Waals surface area contributed by atoms with Crippen molar-refractivity contribution in [2.45, 2.75) is 12.8 Å². The summed E-state index contributed by atoms with van der Waals surface area (Å²) < 4.78 is 0. The Morgan fingerprint density at radius 2 is 2.06 bits per heavy atom. The fourth-order valence-electron chi connectivity index (χ4n) is 1.87. The highest BCUT2D eigenvalue weighted by Crippen LogP contribution is 2.21. The van der Waals surface area contributed by atoms with Crippen LogP contribution >= 0.6 is 0 Å². The van der Waals surface area contributed by atoms with Crippen LogP contribution in [-0.4, -0.2) is 12.8 Å². The molecule has 1 aromatic rings. The number of hydrogen-bond acceptors (Lipinski definition) is 2. The van der Waals surface area contributed by atoms with Crippen LogP contribution in [0.25, 0.3) is 0 Å². The lowest BCUT2D eigenvalue weighted by Crippen LogP contribution is -2.06. The molecular weight excluding hydrogens is 196 g/mol. The molecule has 0 atom stereocenters. The van der Waals surface area contributed by atoms with Gasteiger partial charge in [-0.05, 0) is 24.5 Å². The molecule has 1 aliphatic carbocycles. The van der Waals surface area contributed by atoms with Crippen molar-refractivity contribution in [3.8, 4) is 0 Å². The molecule has 0 saturated carbocycles. The van der Waals surface area contributed by atoms with Crippen LogP contribution in [0.15, 0.2) is 48.1 Å². The van der Waals surface area contributed by atoms with E-state index in [-0.39, 0.29) is 0 Å². The third kappa shape index (κ3) is 2.06. The Morgan fingerprint density at radius 3 is 2.75 bits per heavy atom. The van der Waals surface area contributed by atoms with Gasteiger partial charge in [0.2, 0.25) is 0 Å². The quantitative estimate of drug-likeness (QED) is 0.740. The van der Waals surface area contributed by atoms with E-state index in [9.17, 15) is 0 Å². The summed E-state index contributed by atoms with van der Waals surface area (Å²) in [6.07, 6.45) is 8.43. The van der Waals surface area contributed by atoms with Gasteiger partial charge in [-0.2, -0.15) is 0 Å². The minimum absolute atomic E-state index is 0.598. The first-order chi connectivity index (χ1) is 7.83. The lowest BCUT2D eigenvalue weighted by Gasteiger charge is -2.12. The van der Waals surface area contributed by atoms with Crippen molar-refractivity contribution in [1.29, 1.82) is 5.41 Å². The SMILES string of the molecule is CNc1ccccc1C(=N)C1=CCCC=C1. The van der Waals surface area contributed by atoms with Gasteiger partial charge >= 0.3 is 0 Å². The summed E-state index contributed by atoms with van der Waals surface area (Å²) in [5, 5.41) is 11.3. The van der Waals surface area contributed by atoms with Gasteiger partial charge in [-0.1, -0.05) is 36.4 Å². The minimum atomic E-state index is 0.598. The van der Waals surface area contributed by atoms with Crippen molar-refractivity contribution >= 4 is 11.4 Å². The molecule has 0 aromatic heterocycles. The highest BCUT2D eigenvalue weighted by atomic mass is 14.8. The number of hydrogen-bond donors (Lipinski definition) is 2. The molecule has 2 N–H and O–H groups in total. The Morgan fingerprint density at radius 1 is 1.25 bits per heavy atom. The second-order valence-corrected chi connectivity index (χ2v) is 3.81. The zero-order valence-corrected chi connectivity index (χ0v) is 9.46. The Kier molecular flexibility index (Phi) is 3.20. The van der Waals surface area contributed by atoms with E-state index >= 15 is 0 Å². The topological polar surface area (TPSA) is 35.9 Å². The predicted octanol–water partition coefficient (Wildman–Crippen LogP) is 3.37. The number of nitrogens with one attached hydrogen (secondary N) is 2. The second-order valence-electron chi connectivity index (χ2n) is 3.81. The Hall–Kier alpha value is -1.83. The van der Waals surface area contributed by atoms with E-state index in [2.05, 4.69) is 17.5 Å². The van der Waals surface area contributed by atoms with Crippen LogP contribution in [0.1, 0.15) is 18.4 Å². The van der Waals surface area contributed by atoms with Crippen LogP contribution in [0.5, 0.6) is 0 Å². The molecule has 1 aromatic carbocycles. The first-order valence-electron chi connectivity index (χ1n) is 5.55. The molecule has 0 fully saturated rings. The molecule has 2 rings (SSSR count). The van der Waals surface area contributed by atoms with Gasteiger partial charge in [-0.25, -0.2) is 0 Å². The Balaban J connectivity index is 2.33. The van der Waals surface area contributed by atoms with Gasteiger partial charge in [0, 0.05) is 18.3 Å². The van der Waals surface area contributed by atoms with E-state index in [0.29, 0.717) is 5.71 Å². The minimum Gasteiger partial charge on any atom is -0.388 e. The first-order valence-corrected chi connectivity index (χ1v) is 5.55. The summed E-state index contributed by atoms with van der Waals surface area (Å²) >= 11 is 0. The lowest BCUT2D eigenvalue weighted by atomic mass is 9.96. The summed E-state index contributed by atoms with van der Waals surface area (Å²) in [6.45, 7) is 0.